The molecule has 0 bridgehead atoms. The molecule has 7 rings (SSSR count). The molecule has 2 saturated heterocycles. The van der Waals surface area contributed by atoms with Crippen molar-refractivity contribution in [2.24, 2.45) is 0 Å². The van der Waals surface area contributed by atoms with E-state index in [0.29, 0.717) is 55.3 Å². The summed E-state index contributed by atoms with van der Waals surface area (Å²) in [7, 11) is 3.96. The van der Waals surface area contributed by atoms with E-state index in [4.69, 9.17) is 16.6 Å². The Hall–Kier alpha value is -5.10. The van der Waals surface area contributed by atoms with E-state index < -0.39 is 0 Å². The Bertz CT molecular complexity index is 2220. The van der Waals surface area contributed by atoms with E-state index in [-0.39, 0.29) is 29.5 Å². The highest BCUT2D eigenvalue weighted by Crippen LogP contribution is 2.40. The zero-order chi connectivity index (χ0) is 36.4. The van der Waals surface area contributed by atoms with Crippen LogP contribution < -0.4 is 31.7 Å². The van der Waals surface area contributed by atoms with Crippen LogP contribution in [0.1, 0.15) is 42.4 Å². The van der Waals surface area contributed by atoms with Gasteiger partial charge in [0.2, 0.25) is 11.8 Å². The minimum atomic E-state index is -0.122. The van der Waals surface area contributed by atoms with Crippen molar-refractivity contribution in [3.05, 3.63) is 105 Å². The number of benzene rings is 2. The zero-order valence-corrected chi connectivity index (χ0v) is 30.4. The molecule has 2 aliphatic rings. The molecule has 11 nitrogen and oxygen atoms in total. The Balaban J connectivity index is 1.11. The summed E-state index contributed by atoms with van der Waals surface area (Å²) in [5.41, 5.74) is 8.60. The number of hydrogen-bond acceptors (Lipinski definition) is 8. The number of anilines is 1. The molecular formula is C40H43ClN8O3. The molecule has 5 heterocycles. The van der Waals surface area contributed by atoms with Crippen molar-refractivity contribution in [3.8, 4) is 33.5 Å². The summed E-state index contributed by atoms with van der Waals surface area (Å²) in [5, 5.41) is 13.3. The number of amides is 2. The number of carbonyl (C=O) groups excluding carboxylic acids is 2. The third kappa shape index (κ3) is 7.43. The van der Waals surface area contributed by atoms with Crippen molar-refractivity contribution in [1.82, 2.24) is 35.6 Å². The largest absolute Gasteiger partial charge is 0.362 e. The first-order chi connectivity index (χ1) is 25.2. The molecule has 0 aliphatic carbocycles. The Morgan fingerprint density at radius 3 is 2.12 bits per heavy atom. The van der Waals surface area contributed by atoms with Crippen LogP contribution in [0, 0.1) is 6.92 Å². The SMILES string of the molecule is Cc1c(-c2ccn3c(=O)c(CNC[C@H]4CCC(=O)N4)cnc3c2)cccc1-c1cccc(-c2ccc(CNC[C@H]3CCC(=O)N3)c(N(C)C)n2)c1Cl. The summed E-state index contributed by atoms with van der Waals surface area (Å²) in [6.45, 7) is 4.41. The van der Waals surface area contributed by atoms with E-state index in [1.165, 1.54) is 0 Å². The van der Waals surface area contributed by atoms with Gasteiger partial charge in [0.15, 0.2) is 0 Å². The molecule has 2 aliphatic heterocycles. The number of pyridine rings is 2. The highest BCUT2D eigenvalue weighted by Gasteiger charge is 2.22. The molecule has 0 saturated carbocycles. The second kappa shape index (κ2) is 15.2. The first kappa shape index (κ1) is 35.3. The maximum absolute atomic E-state index is 13.3. The number of carbonyl (C=O) groups is 2. The molecule has 12 heteroatoms. The van der Waals surface area contributed by atoms with Gasteiger partial charge in [0.1, 0.15) is 11.5 Å². The van der Waals surface area contributed by atoms with Crippen LogP contribution in [0.15, 0.2) is 77.9 Å². The van der Waals surface area contributed by atoms with Crippen molar-refractivity contribution in [1.29, 1.82) is 0 Å². The smallest absolute Gasteiger partial charge is 0.262 e. The predicted molar refractivity (Wildman–Crippen MR) is 205 cm³/mol. The van der Waals surface area contributed by atoms with Gasteiger partial charge in [-0.1, -0.05) is 54.1 Å². The molecule has 2 atom stereocenters. The first-order valence-electron chi connectivity index (χ1n) is 17.7. The first-order valence-corrected chi connectivity index (χ1v) is 18.1. The van der Waals surface area contributed by atoms with Crippen LogP contribution in [0.4, 0.5) is 5.82 Å². The van der Waals surface area contributed by atoms with Crippen LogP contribution in [-0.2, 0) is 22.7 Å². The highest BCUT2D eigenvalue weighted by molar-refractivity contribution is 6.36. The zero-order valence-electron chi connectivity index (χ0n) is 29.6. The van der Waals surface area contributed by atoms with Gasteiger partial charge in [0.05, 0.1) is 10.7 Å². The quantitative estimate of drug-likeness (QED) is 0.144. The fraction of sp³-hybridized carbons (Fsp3) is 0.325. The second-order valence-electron chi connectivity index (χ2n) is 13.8. The van der Waals surface area contributed by atoms with Crippen LogP contribution in [0.25, 0.3) is 39.2 Å². The normalized spacial score (nSPS) is 17.1. The standard InChI is InChI=1S/C40H43ClN8O3/c1-24-30(25-16-17-49-35(18-25)44-21-27(40(49)52)20-43-23-29-12-15-37(51)46-29)6-4-7-31(24)32-8-5-9-33(38(32)41)34-13-10-26(39(47-34)48(2)3)19-42-22-28-11-14-36(50)45-28/h4-10,13,16-18,21,28-29,42-43H,11-12,14-15,19-20,22-23H2,1-3H3,(H,45,50)(H,46,51)/t28-,29-/m1/s1. The van der Waals surface area contributed by atoms with Crippen LogP contribution >= 0.6 is 11.6 Å². The van der Waals surface area contributed by atoms with Gasteiger partial charge in [0.25, 0.3) is 5.56 Å². The molecule has 0 unspecified atom stereocenters. The number of halogens is 1. The molecule has 2 amide bonds. The van der Waals surface area contributed by atoms with Crippen LogP contribution in [0.5, 0.6) is 0 Å². The number of rotatable bonds is 12. The second-order valence-corrected chi connectivity index (χ2v) is 14.2. The fourth-order valence-electron chi connectivity index (χ4n) is 7.16. The van der Waals surface area contributed by atoms with Gasteiger partial charge in [-0.05, 0) is 60.2 Å². The summed E-state index contributed by atoms with van der Waals surface area (Å²) >= 11 is 7.21. The van der Waals surface area contributed by atoms with Gasteiger partial charge in [-0.25, -0.2) is 9.97 Å². The highest BCUT2D eigenvalue weighted by atomic mass is 35.5. The van der Waals surface area contributed by atoms with Crippen LogP contribution in [-0.4, -0.2) is 65.5 Å². The molecule has 5 aromatic rings. The predicted octanol–water partition coefficient (Wildman–Crippen LogP) is 4.85. The Morgan fingerprint density at radius 2 is 1.46 bits per heavy atom. The van der Waals surface area contributed by atoms with Gasteiger partial charge in [0, 0.05) is 99.8 Å². The molecule has 0 radical (unpaired) electrons. The van der Waals surface area contributed by atoms with Crippen LogP contribution in [0.2, 0.25) is 5.02 Å². The lowest BCUT2D eigenvalue weighted by atomic mass is 9.92. The number of fused-ring (bicyclic) bond motifs is 1. The van der Waals surface area contributed by atoms with Gasteiger partial charge in [-0.2, -0.15) is 0 Å². The van der Waals surface area contributed by atoms with Gasteiger partial charge in [-0.3, -0.25) is 18.8 Å². The Morgan fingerprint density at radius 1 is 0.827 bits per heavy atom. The lowest BCUT2D eigenvalue weighted by molar-refractivity contribution is -0.120. The fourth-order valence-corrected chi connectivity index (χ4v) is 7.48. The summed E-state index contributed by atoms with van der Waals surface area (Å²) < 4.78 is 1.57. The summed E-state index contributed by atoms with van der Waals surface area (Å²) in [6, 6.07) is 20.4. The minimum absolute atomic E-state index is 0.0726. The number of aromatic nitrogens is 3. The van der Waals surface area contributed by atoms with E-state index >= 15 is 0 Å². The van der Waals surface area contributed by atoms with Gasteiger partial charge >= 0.3 is 0 Å². The topological polar surface area (TPSA) is 133 Å². The Kier molecular flexibility index (Phi) is 10.4. The molecule has 3 aromatic heterocycles. The minimum Gasteiger partial charge on any atom is -0.362 e. The van der Waals surface area contributed by atoms with E-state index in [2.05, 4.69) is 51.4 Å². The van der Waals surface area contributed by atoms with Crippen molar-refractivity contribution < 1.29 is 9.59 Å². The van der Waals surface area contributed by atoms with Crippen molar-refractivity contribution in [2.45, 2.75) is 57.8 Å². The number of nitrogens with one attached hydrogen (secondary N) is 4. The molecule has 4 N–H and O–H groups in total. The van der Waals surface area contributed by atoms with Crippen molar-refractivity contribution in [2.75, 3.05) is 32.1 Å². The summed E-state index contributed by atoms with van der Waals surface area (Å²) in [5.74, 6) is 1.04. The van der Waals surface area contributed by atoms with E-state index in [9.17, 15) is 14.4 Å². The third-order valence-electron chi connectivity index (χ3n) is 9.95. The van der Waals surface area contributed by atoms with E-state index in [1.807, 2.05) is 61.5 Å². The van der Waals surface area contributed by atoms with Crippen molar-refractivity contribution in [3.63, 3.8) is 0 Å². The average molecular weight is 719 g/mol. The monoisotopic (exact) mass is 718 g/mol. The molecule has 2 fully saturated rings. The van der Waals surface area contributed by atoms with Gasteiger partial charge in [-0.15, -0.1) is 0 Å². The molecule has 2 aromatic carbocycles. The summed E-state index contributed by atoms with van der Waals surface area (Å²) in [4.78, 5) is 48.0. The lowest BCUT2D eigenvalue weighted by Gasteiger charge is -2.20. The third-order valence-corrected chi connectivity index (χ3v) is 10.4. The van der Waals surface area contributed by atoms with E-state index in [0.717, 1.165) is 63.3 Å². The molecular weight excluding hydrogens is 676 g/mol. The number of hydrogen-bond donors (Lipinski definition) is 4. The average Bonchev–Trinajstić information content (AvgIpc) is 3.76. The van der Waals surface area contributed by atoms with E-state index in [1.54, 1.807) is 16.8 Å². The molecule has 52 heavy (non-hydrogen) atoms. The summed E-state index contributed by atoms with van der Waals surface area (Å²) in [6.07, 6.45) is 6.19. The Labute approximate surface area is 307 Å². The molecule has 268 valence electrons. The van der Waals surface area contributed by atoms with Crippen molar-refractivity contribution >= 4 is 34.9 Å². The maximum Gasteiger partial charge on any atom is 0.262 e. The van der Waals surface area contributed by atoms with Crippen LogP contribution in [0.3, 0.4) is 0 Å². The maximum atomic E-state index is 13.3. The van der Waals surface area contributed by atoms with Gasteiger partial charge < -0.3 is 26.2 Å². The molecule has 0 spiro atoms. The lowest BCUT2D eigenvalue weighted by Crippen LogP contribution is -2.36. The number of nitrogens with zero attached hydrogens (tertiary/aromatic N) is 4.